The molecule has 0 saturated heterocycles. The quantitative estimate of drug-likeness (QED) is 0.200. The molecule has 2 atom stereocenters. The summed E-state index contributed by atoms with van der Waals surface area (Å²) in [5, 5.41) is 18.3. The van der Waals surface area contributed by atoms with Crippen LogP contribution in [0.1, 0.15) is 59.8 Å². The number of rotatable bonds is 12. The summed E-state index contributed by atoms with van der Waals surface area (Å²) >= 11 is 0. The number of hydrogen-bond donors (Lipinski definition) is 2. The first kappa shape index (κ1) is 27.0. The van der Waals surface area contributed by atoms with Gasteiger partial charge in [0.1, 0.15) is 11.5 Å². The molecule has 4 aromatic carbocycles. The Morgan fingerprint density at radius 2 is 1.05 bits per heavy atom. The van der Waals surface area contributed by atoms with Crippen LogP contribution in [-0.2, 0) is 5.41 Å². The number of aliphatic hydroxyl groups is 2. The van der Waals surface area contributed by atoms with Gasteiger partial charge in [-0.25, -0.2) is 0 Å². The maximum Gasteiger partial charge on any atom is 0.119 e. The monoisotopic (exact) mass is 522 g/mol. The normalized spacial score (nSPS) is 18.1. The Morgan fingerprint density at radius 1 is 0.590 bits per heavy atom. The zero-order valence-corrected chi connectivity index (χ0v) is 22.4. The van der Waals surface area contributed by atoms with Crippen molar-refractivity contribution in [2.45, 2.75) is 42.9 Å². The third-order valence-electron chi connectivity index (χ3n) is 8.04. The lowest BCUT2D eigenvalue weighted by Gasteiger charge is -2.38. The van der Waals surface area contributed by atoms with Gasteiger partial charge in [-0.2, -0.15) is 0 Å². The first-order valence-corrected chi connectivity index (χ1v) is 14.0. The molecule has 0 radical (unpaired) electrons. The van der Waals surface area contributed by atoms with E-state index in [4.69, 9.17) is 19.7 Å². The first-order valence-electron chi connectivity index (χ1n) is 14.0. The molecule has 0 heterocycles. The fraction of sp³-hybridized carbons (Fsp3) is 0.314. The number of benzene rings is 4. The highest BCUT2D eigenvalue weighted by atomic mass is 16.5. The minimum Gasteiger partial charge on any atom is -0.494 e. The average Bonchev–Trinajstić information content (AvgIpc) is 3.41. The molecule has 0 aromatic heterocycles. The Kier molecular flexibility index (Phi) is 8.97. The van der Waals surface area contributed by atoms with Gasteiger partial charge < -0.3 is 19.7 Å². The molecule has 4 aromatic rings. The van der Waals surface area contributed by atoms with Gasteiger partial charge in [-0.3, -0.25) is 0 Å². The molecule has 1 saturated carbocycles. The molecule has 0 amide bonds. The minimum atomic E-state index is -0.241. The highest BCUT2D eigenvalue weighted by Gasteiger charge is 2.50. The molecule has 1 fully saturated rings. The second-order valence-corrected chi connectivity index (χ2v) is 10.4. The van der Waals surface area contributed by atoms with Crippen molar-refractivity contribution in [3.05, 3.63) is 131 Å². The lowest BCUT2D eigenvalue weighted by Crippen LogP contribution is -2.31. The fourth-order valence-electron chi connectivity index (χ4n) is 6.20. The Bertz CT molecular complexity index is 1220. The maximum atomic E-state index is 9.13. The predicted octanol–water partition coefficient (Wildman–Crippen LogP) is 6.86. The largest absolute Gasteiger partial charge is 0.494 e. The average molecular weight is 523 g/mol. The zero-order valence-electron chi connectivity index (χ0n) is 22.4. The number of aliphatic hydroxyl groups excluding tert-OH is 2. The smallest absolute Gasteiger partial charge is 0.119 e. The molecule has 0 aliphatic heterocycles. The van der Waals surface area contributed by atoms with E-state index >= 15 is 0 Å². The third kappa shape index (κ3) is 6.03. The van der Waals surface area contributed by atoms with E-state index in [9.17, 15) is 0 Å². The van der Waals surface area contributed by atoms with Gasteiger partial charge in [0, 0.05) is 31.5 Å². The summed E-state index contributed by atoms with van der Waals surface area (Å²) in [6.07, 6.45) is 3.28. The van der Waals surface area contributed by atoms with Crippen LogP contribution in [0.25, 0.3) is 0 Å². The van der Waals surface area contributed by atoms with Crippen LogP contribution in [0.5, 0.6) is 11.5 Å². The van der Waals surface area contributed by atoms with Gasteiger partial charge >= 0.3 is 0 Å². The van der Waals surface area contributed by atoms with Crippen LogP contribution >= 0.6 is 0 Å². The minimum absolute atomic E-state index is 0.126. The van der Waals surface area contributed by atoms with E-state index in [-0.39, 0.29) is 24.5 Å². The Labute approximate surface area is 231 Å². The van der Waals surface area contributed by atoms with Crippen molar-refractivity contribution in [2.24, 2.45) is 0 Å². The molecule has 39 heavy (non-hydrogen) atoms. The van der Waals surface area contributed by atoms with E-state index in [2.05, 4.69) is 109 Å². The second kappa shape index (κ2) is 13.0. The molecule has 1 aliphatic rings. The van der Waals surface area contributed by atoms with Crippen LogP contribution < -0.4 is 9.47 Å². The third-order valence-corrected chi connectivity index (χ3v) is 8.04. The molecule has 2 N–H and O–H groups in total. The lowest BCUT2D eigenvalue weighted by atomic mass is 9.65. The van der Waals surface area contributed by atoms with E-state index in [0.29, 0.717) is 32.0 Å². The van der Waals surface area contributed by atoms with E-state index in [1.807, 2.05) is 0 Å². The maximum absolute atomic E-state index is 9.13. The Morgan fingerprint density at radius 3 is 1.51 bits per heavy atom. The van der Waals surface area contributed by atoms with Crippen molar-refractivity contribution in [1.29, 1.82) is 0 Å². The Balaban J connectivity index is 1.59. The summed E-state index contributed by atoms with van der Waals surface area (Å²) in [4.78, 5) is 0. The van der Waals surface area contributed by atoms with Crippen molar-refractivity contribution in [1.82, 2.24) is 0 Å². The fourth-order valence-corrected chi connectivity index (χ4v) is 6.20. The zero-order chi connectivity index (χ0) is 26.9. The summed E-state index contributed by atoms with van der Waals surface area (Å²) in [6.45, 7) is 1.25. The molecule has 4 nitrogen and oxygen atoms in total. The lowest BCUT2D eigenvalue weighted by molar-refractivity contribution is 0.233. The first-order chi connectivity index (χ1) is 19.2. The van der Waals surface area contributed by atoms with Crippen molar-refractivity contribution in [2.75, 3.05) is 26.4 Å². The number of hydrogen-bond acceptors (Lipinski definition) is 4. The van der Waals surface area contributed by atoms with Crippen LogP contribution in [0.2, 0.25) is 0 Å². The molecule has 0 spiro atoms. The molecule has 2 unspecified atom stereocenters. The van der Waals surface area contributed by atoms with Gasteiger partial charge in [0.15, 0.2) is 0 Å². The standard InChI is InChI=1S/C35H38O4/c36-21-7-23-38-32-17-13-30(14-18-32)35(31-15-19-33(20-16-31)39-24-8-22-37)26-29(27-9-3-1-4-10-27)25-34(35)28-11-5-2-6-12-28/h1-6,9-20,29,34,36-37H,7-8,21-26H2. The summed E-state index contributed by atoms with van der Waals surface area (Å²) in [5.41, 5.74) is 5.04. The highest BCUT2D eigenvalue weighted by Crippen LogP contribution is 2.60. The van der Waals surface area contributed by atoms with E-state index in [1.54, 1.807) is 0 Å². The summed E-state index contributed by atoms with van der Waals surface area (Å²) < 4.78 is 11.7. The topological polar surface area (TPSA) is 58.9 Å². The molecular formula is C35H38O4. The van der Waals surface area contributed by atoms with E-state index < -0.39 is 0 Å². The van der Waals surface area contributed by atoms with Gasteiger partial charge in [-0.1, -0.05) is 84.9 Å². The number of ether oxygens (including phenoxy) is 2. The van der Waals surface area contributed by atoms with Gasteiger partial charge in [0.05, 0.1) is 13.2 Å². The molecule has 4 heteroatoms. The summed E-state index contributed by atoms with van der Waals surface area (Å²) in [7, 11) is 0. The molecule has 0 bridgehead atoms. The van der Waals surface area contributed by atoms with E-state index in [1.165, 1.54) is 22.3 Å². The van der Waals surface area contributed by atoms with Crippen molar-refractivity contribution < 1.29 is 19.7 Å². The van der Waals surface area contributed by atoms with Gasteiger partial charge in [-0.15, -0.1) is 0 Å². The highest BCUT2D eigenvalue weighted by molar-refractivity contribution is 5.50. The predicted molar refractivity (Wildman–Crippen MR) is 156 cm³/mol. The SMILES string of the molecule is OCCCOc1ccc(C2(c3ccc(OCCCO)cc3)CC(c3ccccc3)CC2c2ccccc2)cc1. The molecule has 202 valence electrons. The van der Waals surface area contributed by atoms with Gasteiger partial charge in [-0.05, 0) is 71.2 Å². The summed E-state index contributed by atoms with van der Waals surface area (Å²) in [5.74, 6) is 2.34. The Hall–Kier alpha value is -3.60. The van der Waals surface area contributed by atoms with Crippen molar-refractivity contribution >= 4 is 0 Å². The molecule has 1 aliphatic carbocycles. The van der Waals surface area contributed by atoms with Gasteiger partial charge in [0.25, 0.3) is 0 Å². The van der Waals surface area contributed by atoms with Crippen LogP contribution in [0.4, 0.5) is 0 Å². The second-order valence-electron chi connectivity index (χ2n) is 10.4. The van der Waals surface area contributed by atoms with E-state index in [0.717, 1.165) is 24.3 Å². The van der Waals surface area contributed by atoms with Crippen molar-refractivity contribution in [3.8, 4) is 11.5 Å². The molecular weight excluding hydrogens is 484 g/mol. The van der Waals surface area contributed by atoms with Gasteiger partial charge in [0.2, 0.25) is 0 Å². The molecule has 5 rings (SSSR count). The van der Waals surface area contributed by atoms with Crippen LogP contribution in [0, 0.1) is 0 Å². The summed E-state index contributed by atoms with van der Waals surface area (Å²) in [6, 6.07) is 39.0. The van der Waals surface area contributed by atoms with Crippen LogP contribution in [0.15, 0.2) is 109 Å². The van der Waals surface area contributed by atoms with Crippen molar-refractivity contribution in [3.63, 3.8) is 0 Å². The van der Waals surface area contributed by atoms with Crippen LogP contribution in [-0.4, -0.2) is 36.6 Å². The van der Waals surface area contributed by atoms with Crippen LogP contribution in [0.3, 0.4) is 0 Å².